The van der Waals surface area contributed by atoms with E-state index in [1.807, 2.05) is 23.6 Å². The highest BCUT2D eigenvalue weighted by Crippen LogP contribution is 2.39. The molecule has 1 aromatic carbocycles. The van der Waals surface area contributed by atoms with Gasteiger partial charge in [0.2, 0.25) is 0 Å². The Morgan fingerprint density at radius 3 is 3.00 bits per heavy atom. The monoisotopic (exact) mass is 310 g/mol. The molecule has 0 saturated heterocycles. The van der Waals surface area contributed by atoms with Crippen LogP contribution >= 0.6 is 27.3 Å². The van der Waals surface area contributed by atoms with E-state index >= 15 is 0 Å². The Morgan fingerprint density at radius 1 is 1.35 bits per heavy atom. The fourth-order valence-corrected chi connectivity index (χ4v) is 3.69. The van der Waals surface area contributed by atoms with Gasteiger partial charge in [-0.05, 0) is 32.9 Å². The van der Waals surface area contributed by atoms with Crippen molar-refractivity contribution >= 4 is 27.3 Å². The largest absolute Gasteiger partial charge is 0.493 e. The van der Waals surface area contributed by atoms with Gasteiger partial charge in [0.05, 0.1) is 11.5 Å². The van der Waals surface area contributed by atoms with Gasteiger partial charge in [-0.2, -0.15) is 0 Å². The van der Waals surface area contributed by atoms with Crippen molar-refractivity contribution in [2.45, 2.75) is 12.5 Å². The van der Waals surface area contributed by atoms with Crippen LogP contribution in [0, 0.1) is 0 Å². The van der Waals surface area contributed by atoms with Gasteiger partial charge in [0.25, 0.3) is 0 Å². The number of benzene rings is 1. The van der Waals surface area contributed by atoms with Crippen LogP contribution in [-0.4, -0.2) is 11.7 Å². The maximum absolute atomic E-state index is 10.4. The number of hydrogen-bond acceptors (Lipinski definition) is 3. The summed E-state index contributed by atoms with van der Waals surface area (Å²) >= 11 is 5.00. The average Bonchev–Trinajstić information content (AvgIpc) is 2.95. The standard InChI is InChI=1S/C13H11BrO2S/c14-10-5-7-17-13(10)11(15)9-3-1-2-8-4-6-16-12(8)9/h1-3,5,7,11,15H,4,6H2. The average molecular weight is 311 g/mol. The molecule has 88 valence electrons. The van der Waals surface area contributed by atoms with Crippen molar-refractivity contribution in [3.05, 3.63) is 50.1 Å². The molecule has 0 saturated carbocycles. The van der Waals surface area contributed by atoms with Gasteiger partial charge < -0.3 is 9.84 Å². The summed E-state index contributed by atoms with van der Waals surface area (Å²) < 4.78 is 6.57. The first kappa shape index (κ1) is 11.3. The van der Waals surface area contributed by atoms with Gasteiger partial charge in [-0.15, -0.1) is 11.3 Å². The van der Waals surface area contributed by atoms with E-state index in [1.165, 1.54) is 5.56 Å². The molecular formula is C13H11BrO2S. The van der Waals surface area contributed by atoms with E-state index < -0.39 is 6.10 Å². The van der Waals surface area contributed by atoms with Crippen molar-refractivity contribution in [3.8, 4) is 5.75 Å². The minimum Gasteiger partial charge on any atom is -0.493 e. The second-order valence-corrected chi connectivity index (χ2v) is 5.77. The van der Waals surface area contributed by atoms with Crippen molar-refractivity contribution in [3.63, 3.8) is 0 Å². The molecule has 3 rings (SSSR count). The van der Waals surface area contributed by atoms with E-state index in [9.17, 15) is 5.11 Å². The third kappa shape index (κ3) is 1.90. The Hall–Kier alpha value is -0.840. The second-order valence-electron chi connectivity index (χ2n) is 3.97. The summed E-state index contributed by atoms with van der Waals surface area (Å²) in [5.41, 5.74) is 2.05. The molecule has 1 atom stereocenters. The molecule has 0 spiro atoms. The third-order valence-corrected chi connectivity index (χ3v) is 4.86. The maximum Gasteiger partial charge on any atom is 0.128 e. The lowest BCUT2D eigenvalue weighted by molar-refractivity contribution is 0.216. The highest BCUT2D eigenvalue weighted by atomic mass is 79.9. The van der Waals surface area contributed by atoms with E-state index in [1.54, 1.807) is 11.3 Å². The van der Waals surface area contributed by atoms with Gasteiger partial charge in [0.15, 0.2) is 0 Å². The Balaban J connectivity index is 2.05. The molecule has 1 aliphatic heterocycles. The minimum atomic E-state index is -0.613. The van der Waals surface area contributed by atoms with Crippen molar-refractivity contribution in [1.29, 1.82) is 0 Å². The summed E-state index contributed by atoms with van der Waals surface area (Å²) in [5, 5.41) is 12.4. The Bertz CT molecular complexity index is 550. The fraction of sp³-hybridized carbons (Fsp3) is 0.231. The predicted octanol–water partition coefficient (Wildman–Crippen LogP) is 3.53. The van der Waals surface area contributed by atoms with E-state index in [4.69, 9.17) is 4.74 Å². The first-order chi connectivity index (χ1) is 8.27. The fourth-order valence-electron chi connectivity index (χ4n) is 2.10. The summed E-state index contributed by atoms with van der Waals surface area (Å²) in [5.74, 6) is 0.861. The third-order valence-electron chi connectivity index (χ3n) is 2.93. The van der Waals surface area contributed by atoms with Crippen LogP contribution in [0.1, 0.15) is 22.1 Å². The van der Waals surface area contributed by atoms with Crippen molar-refractivity contribution in [2.75, 3.05) is 6.61 Å². The molecule has 0 bridgehead atoms. The highest BCUT2D eigenvalue weighted by molar-refractivity contribution is 9.10. The summed E-state index contributed by atoms with van der Waals surface area (Å²) in [4.78, 5) is 0.925. The van der Waals surface area contributed by atoms with E-state index in [-0.39, 0.29) is 0 Å². The predicted molar refractivity (Wildman–Crippen MR) is 71.7 cm³/mol. The smallest absolute Gasteiger partial charge is 0.128 e. The van der Waals surface area contributed by atoms with Crippen LogP contribution < -0.4 is 4.74 Å². The van der Waals surface area contributed by atoms with Crippen LogP contribution in [0.25, 0.3) is 0 Å². The van der Waals surface area contributed by atoms with Crippen molar-refractivity contribution < 1.29 is 9.84 Å². The lowest BCUT2D eigenvalue weighted by atomic mass is 10.0. The van der Waals surface area contributed by atoms with E-state index in [0.29, 0.717) is 6.61 Å². The van der Waals surface area contributed by atoms with Crippen molar-refractivity contribution in [1.82, 2.24) is 0 Å². The number of aliphatic hydroxyl groups excluding tert-OH is 1. The summed E-state index contributed by atoms with van der Waals surface area (Å²) in [6.45, 7) is 0.713. The number of para-hydroxylation sites is 1. The number of aliphatic hydroxyl groups is 1. The van der Waals surface area contributed by atoms with Gasteiger partial charge >= 0.3 is 0 Å². The number of ether oxygens (including phenoxy) is 1. The molecule has 1 unspecified atom stereocenters. The van der Waals surface area contributed by atoms with Crippen LogP contribution in [0.15, 0.2) is 34.1 Å². The molecule has 2 nitrogen and oxygen atoms in total. The summed E-state index contributed by atoms with van der Waals surface area (Å²) in [7, 11) is 0. The Morgan fingerprint density at radius 2 is 2.24 bits per heavy atom. The van der Waals surface area contributed by atoms with Gasteiger partial charge in [-0.1, -0.05) is 18.2 Å². The lowest BCUT2D eigenvalue weighted by Gasteiger charge is -2.13. The molecule has 0 aliphatic carbocycles. The van der Waals surface area contributed by atoms with Crippen LogP contribution in [0.3, 0.4) is 0 Å². The molecule has 2 heterocycles. The molecule has 0 fully saturated rings. The molecule has 4 heteroatoms. The zero-order chi connectivity index (χ0) is 11.8. The SMILES string of the molecule is OC(c1cccc2c1OCC2)c1sccc1Br. The molecule has 0 amide bonds. The van der Waals surface area contributed by atoms with Crippen LogP contribution in [-0.2, 0) is 6.42 Å². The Kier molecular flexibility index (Phi) is 2.94. The maximum atomic E-state index is 10.4. The highest BCUT2D eigenvalue weighted by Gasteiger charge is 2.23. The number of fused-ring (bicyclic) bond motifs is 1. The number of thiophene rings is 1. The number of rotatable bonds is 2. The van der Waals surface area contributed by atoms with E-state index in [0.717, 1.165) is 27.1 Å². The second kappa shape index (κ2) is 4.44. The van der Waals surface area contributed by atoms with Crippen LogP contribution in [0.5, 0.6) is 5.75 Å². The summed E-state index contributed by atoms with van der Waals surface area (Å²) in [6, 6.07) is 7.92. The normalized spacial score (nSPS) is 15.4. The summed E-state index contributed by atoms with van der Waals surface area (Å²) in [6.07, 6.45) is 0.319. The van der Waals surface area contributed by atoms with E-state index in [2.05, 4.69) is 22.0 Å². The molecule has 1 N–H and O–H groups in total. The molecule has 1 aromatic heterocycles. The minimum absolute atomic E-state index is 0.613. The van der Waals surface area contributed by atoms with Gasteiger partial charge in [0.1, 0.15) is 11.9 Å². The number of hydrogen-bond donors (Lipinski definition) is 1. The van der Waals surface area contributed by atoms with Gasteiger partial charge in [-0.3, -0.25) is 0 Å². The molecular weight excluding hydrogens is 300 g/mol. The molecule has 0 radical (unpaired) electrons. The quantitative estimate of drug-likeness (QED) is 0.919. The molecule has 2 aromatic rings. The topological polar surface area (TPSA) is 29.5 Å². The van der Waals surface area contributed by atoms with Crippen molar-refractivity contribution in [2.24, 2.45) is 0 Å². The first-order valence-electron chi connectivity index (χ1n) is 5.43. The zero-order valence-corrected chi connectivity index (χ0v) is 11.4. The van der Waals surface area contributed by atoms with Crippen LogP contribution in [0.4, 0.5) is 0 Å². The number of halogens is 1. The molecule has 1 aliphatic rings. The zero-order valence-electron chi connectivity index (χ0n) is 9.02. The van der Waals surface area contributed by atoms with Gasteiger partial charge in [-0.25, -0.2) is 0 Å². The first-order valence-corrected chi connectivity index (χ1v) is 7.10. The van der Waals surface area contributed by atoms with Gasteiger partial charge in [0, 0.05) is 16.5 Å². The lowest BCUT2D eigenvalue weighted by Crippen LogP contribution is -2.00. The Labute approximate surface area is 112 Å². The van der Waals surface area contributed by atoms with Crippen LogP contribution in [0.2, 0.25) is 0 Å². The molecule has 17 heavy (non-hydrogen) atoms.